The van der Waals surface area contributed by atoms with Gasteiger partial charge in [0, 0.05) is 30.8 Å². The fourth-order valence-corrected chi connectivity index (χ4v) is 6.17. The molecule has 1 unspecified atom stereocenters. The third-order valence-electron chi connectivity index (χ3n) is 8.30. The van der Waals surface area contributed by atoms with E-state index in [4.69, 9.17) is 5.10 Å². The molecule has 0 spiro atoms. The van der Waals surface area contributed by atoms with E-state index in [2.05, 4.69) is 4.98 Å². The third kappa shape index (κ3) is 4.89. The maximum Gasteiger partial charge on any atom is 0.417 e. The lowest BCUT2D eigenvalue weighted by Gasteiger charge is -2.34. The van der Waals surface area contributed by atoms with Crippen molar-refractivity contribution in [3.63, 3.8) is 0 Å². The molecule has 3 heterocycles. The summed E-state index contributed by atoms with van der Waals surface area (Å²) in [4.78, 5) is 31.8. The Bertz CT molecular complexity index is 1570. The number of anilines is 1. The Morgan fingerprint density at radius 2 is 1.52 bits per heavy atom. The van der Waals surface area contributed by atoms with Gasteiger partial charge in [-0.25, -0.2) is 4.98 Å². The summed E-state index contributed by atoms with van der Waals surface area (Å²) in [5.74, 6) is -1.21. The van der Waals surface area contributed by atoms with Crippen LogP contribution >= 0.6 is 0 Å². The molecule has 42 heavy (non-hydrogen) atoms. The summed E-state index contributed by atoms with van der Waals surface area (Å²) in [5, 5.41) is 16.6. The summed E-state index contributed by atoms with van der Waals surface area (Å²) in [6.45, 7) is 2.36. The number of hydrogen-bond acceptors (Lipinski definition) is 6. The Kier molecular flexibility index (Phi) is 6.97. The lowest BCUT2D eigenvalue weighted by molar-refractivity contribution is -0.149. The maximum absolute atomic E-state index is 13.0. The van der Waals surface area contributed by atoms with Crippen molar-refractivity contribution >= 4 is 17.4 Å². The van der Waals surface area contributed by atoms with Gasteiger partial charge < -0.3 is 10.0 Å². The van der Waals surface area contributed by atoms with Crippen molar-refractivity contribution in [3.8, 4) is 0 Å². The van der Waals surface area contributed by atoms with Crippen molar-refractivity contribution in [2.75, 3.05) is 18.0 Å². The first-order valence-electron chi connectivity index (χ1n) is 13.9. The van der Waals surface area contributed by atoms with Crippen LogP contribution in [0.4, 0.5) is 19.0 Å². The van der Waals surface area contributed by atoms with E-state index in [9.17, 15) is 27.9 Å². The minimum absolute atomic E-state index is 0.148. The van der Waals surface area contributed by atoms with Gasteiger partial charge in [0.1, 0.15) is 11.9 Å². The molecule has 0 bridgehead atoms. The summed E-state index contributed by atoms with van der Waals surface area (Å²) in [6.07, 6.45) is -2.63. The van der Waals surface area contributed by atoms with Crippen molar-refractivity contribution in [1.29, 1.82) is 0 Å². The van der Waals surface area contributed by atoms with Gasteiger partial charge in [-0.3, -0.25) is 14.3 Å². The minimum Gasteiger partial charge on any atom is -0.377 e. The molecule has 1 N–H and O–H groups in total. The Balaban J connectivity index is 1.39. The number of fused-ring (bicyclic) bond motifs is 1. The molecule has 1 aliphatic carbocycles. The van der Waals surface area contributed by atoms with Gasteiger partial charge in [0.25, 0.3) is 0 Å². The van der Waals surface area contributed by atoms with Crippen LogP contribution in [0, 0.1) is 0 Å². The van der Waals surface area contributed by atoms with Gasteiger partial charge in [0.2, 0.25) is 11.6 Å². The number of halogens is 3. The summed E-state index contributed by atoms with van der Waals surface area (Å²) in [6, 6.07) is 21.5. The van der Waals surface area contributed by atoms with Crippen LogP contribution in [0.1, 0.15) is 65.4 Å². The molecule has 0 saturated carbocycles. The Labute approximate surface area is 240 Å². The minimum atomic E-state index is -4.45. The zero-order chi connectivity index (χ0) is 29.6. The summed E-state index contributed by atoms with van der Waals surface area (Å²) in [7, 11) is 0. The van der Waals surface area contributed by atoms with Gasteiger partial charge in [-0.2, -0.15) is 18.3 Å². The van der Waals surface area contributed by atoms with Gasteiger partial charge in [-0.1, -0.05) is 60.7 Å². The van der Waals surface area contributed by atoms with Crippen LogP contribution in [0.15, 0.2) is 79.0 Å². The summed E-state index contributed by atoms with van der Waals surface area (Å²) >= 11 is 0. The molecule has 1 aliphatic heterocycles. The highest BCUT2D eigenvalue weighted by Gasteiger charge is 2.49. The Hall–Kier alpha value is -4.31. The van der Waals surface area contributed by atoms with Crippen molar-refractivity contribution < 1.29 is 27.9 Å². The number of aliphatic hydroxyl groups is 1. The quantitative estimate of drug-likeness (QED) is 0.329. The van der Waals surface area contributed by atoms with E-state index in [0.717, 1.165) is 23.4 Å². The smallest absolute Gasteiger partial charge is 0.377 e. The second-order valence-electron chi connectivity index (χ2n) is 11.0. The van der Waals surface area contributed by atoms with Gasteiger partial charge in [-0.15, -0.1) is 0 Å². The van der Waals surface area contributed by atoms with Crippen LogP contribution in [-0.4, -0.2) is 44.5 Å². The van der Waals surface area contributed by atoms with E-state index in [1.165, 1.54) is 13.0 Å². The van der Waals surface area contributed by atoms with Gasteiger partial charge >= 0.3 is 6.18 Å². The average Bonchev–Trinajstić information content (AvgIpc) is 3.37. The van der Waals surface area contributed by atoms with Crippen LogP contribution in [0.25, 0.3) is 0 Å². The predicted molar refractivity (Wildman–Crippen MR) is 149 cm³/mol. The van der Waals surface area contributed by atoms with Crippen molar-refractivity contribution in [2.24, 2.45) is 0 Å². The van der Waals surface area contributed by atoms with E-state index < -0.39 is 34.9 Å². The molecule has 1 atom stereocenters. The second-order valence-corrected chi connectivity index (χ2v) is 11.0. The molecule has 0 amide bonds. The first-order valence-corrected chi connectivity index (χ1v) is 13.9. The second kappa shape index (κ2) is 10.5. The monoisotopic (exact) mass is 574 g/mol. The van der Waals surface area contributed by atoms with Crippen LogP contribution in [0.5, 0.6) is 0 Å². The van der Waals surface area contributed by atoms with E-state index in [1.54, 1.807) is 4.68 Å². The number of pyridine rings is 1. The van der Waals surface area contributed by atoms with Crippen LogP contribution in [0.3, 0.4) is 0 Å². The molecule has 4 aromatic rings. The zero-order valence-electron chi connectivity index (χ0n) is 22.9. The largest absolute Gasteiger partial charge is 0.417 e. The molecule has 2 aromatic heterocycles. The van der Waals surface area contributed by atoms with Gasteiger partial charge in [0.15, 0.2) is 5.60 Å². The highest BCUT2D eigenvalue weighted by Crippen LogP contribution is 2.43. The van der Waals surface area contributed by atoms with Crippen molar-refractivity contribution in [1.82, 2.24) is 14.8 Å². The highest BCUT2D eigenvalue weighted by atomic mass is 19.4. The van der Waals surface area contributed by atoms with Gasteiger partial charge in [-0.05, 0) is 43.0 Å². The Morgan fingerprint density at radius 3 is 2.05 bits per heavy atom. The fourth-order valence-electron chi connectivity index (χ4n) is 6.17. The standard InChI is InChI=1S/C32H29F3N4O3/c1-31(42)27-24(18-25(40)30(31)41)39(29(21-8-4-2-5-9-21)22-10-6-3-7-11-22)37-28(27)20-14-16-38(17-15-20)26-13-12-23(19-36-26)32(33,34)35/h2-13,19-20,29,42H,14-18H2,1H3. The number of benzene rings is 2. The number of rotatable bonds is 5. The number of Topliss-reactive ketones (excluding diaryl/α,β-unsaturated/α-hetero) is 2. The van der Waals surface area contributed by atoms with Crippen LogP contribution in [-0.2, 0) is 27.8 Å². The number of carbonyl (C=O) groups is 2. The normalized spacial score (nSPS) is 19.8. The maximum atomic E-state index is 13.0. The number of nitrogens with zero attached hydrogens (tertiary/aromatic N) is 4. The molecule has 2 aliphatic rings. The molecule has 7 nitrogen and oxygen atoms in total. The number of alkyl halides is 3. The number of aromatic nitrogens is 3. The number of ketones is 2. The molecule has 0 radical (unpaired) electrons. The molecule has 2 aromatic carbocycles. The van der Waals surface area contributed by atoms with Gasteiger partial charge in [0.05, 0.1) is 23.4 Å². The zero-order valence-corrected chi connectivity index (χ0v) is 22.9. The predicted octanol–water partition coefficient (Wildman–Crippen LogP) is 5.22. The van der Waals surface area contributed by atoms with Crippen LogP contribution in [0.2, 0.25) is 0 Å². The summed E-state index contributed by atoms with van der Waals surface area (Å²) in [5.41, 5.74) is 0.529. The molecule has 216 valence electrons. The highest BCUT2D eigenvalue weighted by molar-refractivity contribution is 6.41. The Morgan fingerprint density at radius 1 is 0.929 bits per heavy atom. The molecule has 6 rings (SSSR count). The van der Waals surface area contributed by atoms with E-state index in [1.807, 2.05) is 65.6 Å². The molecule has 1 saturated heterocycles. The molecular formula is C32H29F3N4O3. The fraction of sp³-hybridized carbons (Fsp3) is 0.312. The molecule has 1 fully saturated rings. The number of carbonyl (C=O) groups excluding carboxylic acids is 2. The first kappa shape index (κ1) is 27.8. The lowest BCUT2D eigenvalue weighted by Crippen LogP contribution is -2.44. The topological polar surface area (TPSA) is 88.3 Å². The first-order chi connectivity index (χ1) is 20.1. The number of hydrogen-bond donors (Lipinski definition) is 1. The number of piperidine rings is 1. The van der Waals surface area contributed by atoms with E-state index in [0.29, 0.717) is 48.7 Å². The average molecular weight is 575 g/mol. The SMILES string of the molecule is CC1(O)C(=O)C(=O)Cc2c1c(C1CCN(c3ccc(C(F)(F)F)cn3)CC1)nn2C(c1ccccc1)c1ccccc1. The summed E-state index contributed by atoms with van der Waals surface area (Å²) < 4.78 is 40.8. The lowest BCUT2D eigenvalue weighted by atomic mass is 9.77. The van der Waals surface area contributed by atoms with E-state index >= 15 is 0 Å². The molecular weight excluding hydrogens is 545 g/mol. The van der Waals surface area contributed by atoms with E-state index in [-0.39, 0.29) is 12.3 Å². The van der Waals surface area contributed by atoms with Crippen molar-refractivity contribution in [3.05, 3.63) is 113 Å². The van der Waals surface area contributed by atoms with Crippen LogP contribution < -0.4 is 4.90 Å². The van der Waals surface area contributed by atoms with Crippen molar-refractivity contribution in [2.45, 2.75) is 49.9 Å². The molecule has 10 heteroatoms. The third-order valence-corrected chi connectivity index (χ3v) is 8.30.